The first-order chi connectivity index (χ1) is 7.86. The fraction of sp³-hybridized carbons (Fsp3) is 1.00. The summed E-state index contributed by atoms with van der Waals surface area (Å²) < 4.78 is 11.0. The summed E-state index contributed by atoms with van der Waals surface area (Å²) in [4.78, 5) is 0. The van der Waals surface area contributed by atoms with E-state index in [1.54, 1.807) is 0 Å². The van der Waals surface area contributed by atoms with Crippen LogP contribution in [0.4, 0.5) is 0 Å². The van der Waals surface area contributed by atoms with E-state index in [1.165, 1.54) is 19.3 Å². The Balaban J connectivity index is 1.84. The molecule has 3 nitrogen and oxygen atoms in total. The van der Waals surface area contributed by atoms with Gasteiger partial charge in [-0.25, -0.2) is 0 Å². The van der Waals surface area contributed by atoms with E-state index in [0.717, 1.165) is 39.4 Å². The molecule has 0 saturated carbocycles. The van der Waals surface area contributed by atoms with Gasteiger partial charge in [0.2, 0.25) is 0 Å². The molecule has 0 bridgehead atoms. The van der Waals surface area contributed by atoms with Gasteiger partial charge in [0.1, 0.15) is 0 Å². The normalized spacial score (nSPS) is 20.8. The lowest BCUT2D eigenvalue weighted by Gasteiger charge is -2.14. The number of hydrogen-bond acceptors (Lipinski definition) is 3. The first kappa shape index (κ1) is 13.9. The second kappa shape index (κ2) is 8.97. The van der Waals surface area contributed by atoms with E-state index >= 15 is 0 Å². The van der Waals surface area contributed by atoms with Crippen molar-refractivity contribution in [1.82, 2.24) is 5.32 Å². The molecule has 1 unspecified atom stereocenters. The summed E-state index contributed by atoms with van der Waals surface area (Å²) in [6.45, 7) is 9.12. The van der Waals surface area contributed by atoms with Crippen molar-refractivity contribution in [2.24, 2.45) is 5.92 Å². The van der Waals surface area contributed by atoms with Crippen molar-refractivity contribution in [1.29, 1.82) is 0 Å². The first-order valence-electron chi connectivity index (χ1n) is 6.75. The molecule has 0 aromatic rings. The van der Waals surface area contributed by atoms with Crippen LogP contribution >= 0.6 is 0 Å². The summed E-state index contributed by atoms with van der Waals surface area (Å²) in [6.07, 6.45) is 4.73. The van der Waals surface area contributed by atoms with Crippen molar-refractivity contribution in [3.63, 3.8) is 0 Å². The Labute approximate surface area is 99.9 Å². The van der Waals surface area contributed by atoms with Crippen LogP contribution in [0.3, 0.4) is 0 Å². The summed E-state index contributed by atoms with van der Waals surface area (Å²) in [6, 6.07) is 0.684. The van der Waals surface area contributed by atoms with Crippen LogP contribution in [0.2, 0.25) is 0 Å². The van der Waals surface area contributed by atoms with Crippen LogP contribution in [0, 0.1) is 5.92 Å². The molecule has 0 aromatic carbocycles. The Morgan fingerprint density at radius 1 is 1.38 bits per heavy atom. The minimum absolute atomic E-state index is 0.645. The van der Waals surface area contributed by atoms with Crippen molar-refractivity contribution in [3.05, 3.63) is 0 Å². The second-order valence-electron chi connectivity index (χ2n) is 4.63. The maximum atomic E-state index is 5.65. The van der Waals surface area contributed by atoms with Crippen LogP contribution in [-0.2, 0) is 9.47 Å². The van der Waals surface area contributed by atoms with Crippen LogP contribution < -0.4 is 5.32 Å². The van der Waals surface area contributed by atoms with Crippen LogP contribution in [0.25, 0.3) is 0 Å². The molecule has 96 valence electrons. The Morgan fingerprint density at radius 2 is 2.19 bits per heavy atom. The molecule has 0 spiro atoms. The molecule has 1 atom stereocenters. The summed E-state index contributed by atoms with van der Waals surface area (Å²) in [5.74, 6) is 0.645. The molecule has 0 aliphatic carbocycles. The smallest absolute Gasteiger partial charge is 0.0517 e. The van der Waals surface area contributed by atoms with Gasteiger partial charge >= 0.3 is 0 Å². The van der Waals surface area contributed by atoms with E-state index in [0.29, 0.717) is 12.0 Å². The topological polar surface area (TPSA) is 30.5 Å². The highest BCUT2D eigenvalue weighted by atomic mass is 16.5. The Morgan fingerprint density at radius 3 is 2.81 bits per heavy atom. The lowest BCUT2D eigenvalue weighted by molar-refractivity contribution is 0.0879. The maximum absolute atomic E-state index is 5.65. The van der Waals surface area contributed by atoms with Gasteiger partial charge in [-0.3, -0.25) is 0 Å². The van der Waals surface area contributed by atoms with Crippen molar-refractivity contribution in [2.45, 2.75) is 45.6 Å². The average Bonchev–Trinajstić information content (AvgIpc) is 2.81. The van der Waals surface area contributed by atoms with Crippen molar-refractivity contribution in [2.75, 3.05) is 33.0 Å². The minimum atomic E-state index is 0.645. The van der Waals surface area contributed by atoms with Gasteiger partial charge in [0, 0.05) is 25.2 Å². The predicted octanol–water partition coefficient (Wildman–Crippen LogP) is 2.21. The van der Waals surface area contributed by atoms with Gasteiger partial charge in [-0.15, -0.1) is 0 Å². The third-order valence-corrected chi connectivity index (χ3v) is 3.26. The highest BCUT2D eigenvalue weighted by Gasteiger charge is 2.15. The Kier molecular flexibility index (Phi) is 7.81. The monoisotopic (exact) mass is 229 g/mol. The Bertz CT molecular complexity index is 148. The minimum Gasteiger partial charge on any atom is -0.381 e. The number of hydrogen-bond donors (Lipinski definition) is 1. The molecule has 1 fully saturated rings. The molecule has 0 amide bonds. The fourth-order valence-electron chi connectivity index (χ4n) is 2.02. The molecular formula is C13H27NO2. The zero-order valence-electron chi connectivity index (χ0n) is 10.8. The third-order valence-electron chi connectivity index (χ3n) is 3.26. The molecule has 1 heterocycles. The molecule has 1 aliphatic heterocycles. The highest BCUT2D eigenvalue weighted by molar-refractivity contribution is 4.63. The van der Waals surface area contributed by atoms with E-state index in [1.807, 2.05) is 0 Å². The summed E-state index contributed by atoms with van der Waals surface area (Å²) >= 11 is 0. The molecule has 1 saturated heterocycles. The van der Waals surface area contributed by atoms with Crippen molar-refractivity contribution >= 4 is 0 Å². The van der Waals surface area contributed by atoms with Gasteiger partial charge in [-0.05, 0) is 32.2 Å². The van der Waals surface area contributed by atoms with Gasteiger partial charge in [0.05, 0.1) is 13.2 Å². The summed E-state index contributed by atoms with van der Waals surface area (Å²) in [5.41, 5.74) is 0. The highest BCUT2D eigenvalue weighted by Crippen LogP contribution is 2.12. The van der Waals surface area contributed by atoms with Crippen LogP contribution in [-0.4, -0.2) is 39.0 Å². The zero-order valence-corrected chi connectivity index (χ0v) is 10.8. The molecule has 16 heavy (non-hydrogen) atoms. The predicted molar refractivity (Wildman–Crippen MR) is 66.7 cm³/mol. The summed E-state index contributed by atoms with van der Waals surface area (Å²) in [5, 5.41) is 3.54. The number of rotatable bonds is 9. The van der Waals surface area contributed by atoms with Crippen molar-refractivity contribution in [3.8, 4) is 0 Å². The van der Waals surface area contributed by atoms with Gasteiger partial charge in [-0.1, -0.05) is 13.8 Å². The quantitative estimate of drug-likeness (QED) is 0.615. The zero-order chi connectivity index (χ0) is 11.6. The van der Waals surface area contributed by atoms with Gasteiger partial charge in [0.15, 0.2) is 0 Å². The first-order valence-corrected chi connectivity index (χ1v) is 6.75. The van der Waals surface area contributed by atoms with Crippen LogP contribution in [0.1, 0.15) is 39.5 Å². The molecular weight excluding hydrogens is 202 g/mol. The van der Waals surface area contributed by atoms with E-state index in [2.05, 4.69) is 19.2 Å². The van der Waals surface area contributed by atoms with Gasteiger partial charge < -0.3 is 14.8 Å². The number of nitrogens with one attached hydrogen (secondary N) is 1. The molecule has 0 radical (unpaired) electrons. The molecule has 3 heteroatoms. The van der Waals surface area contributed by atoms with Gasteiger partial charge in [0.25, 0.3) is 0 Å². The fourth-order valence-corrected chi connectivity index (χ4v) is 2.02. The Hall–Kier alpha value is -0.120. The number of ether oxygens (including phenoxy) is 2. The molecule has 0 aromatic heterocycles. The lowest BCUT2D eigenvalue weighted by Crippen LogP contribution is -2.29. The third kappa shape index (κ3) is 5.83. The van der Waals surface area contributed by atoms with Crippen molar-refractivity contribution < 1.29 is 9.47 Å². The van der Waals surface area contributed by atoms with Gasteiger partial charge in [-0.2, -0.15) is 0 Å². The molecule has 1 N–H and O–H groups in total. The van der Waals surface area contributed by atoms with E-state index in [4.69, 9.17) is 9.47 Å². The average molecular weight is 229 g/mol. The van der Waals surface area contributed by atoms with E-state index < -0.39 is 0 Å². The standard InChI is InChI=1S/C13H27NO2/c1-3-13(4-2)14-7-5-8-15-10-12-6-9-16-11-12/h12-14H,3-11H2,1-2H3. The largest absolute Gasteiger partial charge is 0.381 e. The SMILES string of the molecule is CCC(CC)NCCCOCC1CCOC1. The summed E-state index contributed by atoms with van der Waals surface area (Å²) in [7, 11) is 0. The maximum Gasteiger partial charge on any atom is 0.0517 e. The van der Waals surface area contributed by atoms with Crippen LogP contribution in [0.15, 0.2) is 0 Å². The molecule has 1 aliphatic rings. The molecule has 1 rings (SSSR count). The lowest BCUT2D eigenvalue weighted by atomic mass is 10.1. The van der Waals surface area contributed by atoms with Crippen LogP contribution in [0.5, 0.6) is 0 Å². The second-order valence-corrected chi connectivity index (χ2v) is 4.63. The van der Waals surface area contributed by atoms with E-state index in [9.17, 15) is 0 Å². The van der Waals surface area contributed by atoms with E-state index in [-0.39, 0.29) is 0 Å².